The third kappa shape index (κ3) is 4.23. The average molecular weight is 368 g/mol. The van der Waals surface area contributed by atoms with Gasteiger partial charge in [0.15, 0.2) is 0 Å². The maximum atomic E-state index is 11.5. The Hall–Kier alpha value is -2.57. The predicted molar refractivity (Wildman–Crippen MR) is 101 cm³/mol. The molecule has 1 fully saturated rings. The van der Waals surface area contributed by atoms with E-state index in [4.69, 9.17) is 13.6 Å². The van der Waals surface area contributed by atoms with Gasteiger partial charge in [0.2, 0.25) is 5.76 Å². The molecule has 6 heteroatoms. The molecule has 6 nitrogen and oxygen atoms in total. The first-order chi connectivity index (χ1) is 13.2. The Morgan fingerprint density at radius 3 is 2.44 bits per heavy atom. The predicted octanol–water partition coefficient (Wildman–Crippen LogP) is 3.52. The van der Waals surface area contributed by atoms with Crippen LogP contribution < -0.4 is 0 Å². The summed E-state index contributed by atoms with van der Waals surface area (Å²) in [6, 6.07) is 13.8. The quantitative estimate of drug-likeness (QED) is 0.642. The van der Waals surface area contributed by atoms with Crippen molar-refractivity contribution in [3.05, 3.63) is 59.7 Å². The lowest BCUT2D eigenvalue weighted by molar-refractivity contribution is 0.0561. The zero-order valence-electron chi connectivity index (χ0n) is 15.5. The molecule has 0 aliphatic carbocycles. The topological polar surface area (TPSA) is 59.1 Å². The fourth-order valence-electron chi connectivity index (χ4n) is 3.57. The number of fused-ring (bicyclic) bond motifs is 1. The van der Waals surface area contributed by atoms with Gasteiger partial charge in [0.05, 0.1) is 20.2 Å². The molecule has 2 aromatic heterocycles. The number of rotatable bonds is 5. The van der Waals surface area contributed by atoms with Gasteiger partial charge in [-0.25, -0.2) is 4.79 Å². The van der Waals surface area contributed by atoms with Crippen LogP contribution in [0.25, 0.3) is 11.0 Å². The largest absolute Gasteiger partial charge is 0.463 e. The maximum absolute atomic E-state index is 11.5. The van der Waals surface area contributed by atoms with E-state index >= 15 is 0 Å². The van der Waals surface area contributed by atoms with Crippen molar-refractivity contribution in [2.45, 2.75) is 19.5 Å². The molecule has 1 aromatic carbocycles. The molecule has 0 spiro atoms. The first-order valence-corrected chi connectivity index (χ1v) is 9.30. The molecule has 0 N–H and O–H groups in total. The minimum Gasteiger partial charge on any atom is -0.463 e. The van der Waals surface area contributed by atoms with Crippen LogP contribution in [-0.4, -0.2) is 49.1 Å². The number of hydrogen-bond acceptors (Lipinski definition) is 6. The molecule has 3 heterocycles. The number of para-hydroxylation sites is 1. The number of carbonyl (C=O) groups excluding carboxylic acids is 1. The highest BCUT2D eigenvalue weighted by Crippen LogP contribution is 2.21. The number of furan rings is 2. The normalized spacial score (nSPS) is 16.5. The summed E-state index contributed by atoms with van der Waals surface area (Å²) in [6.07, 6.45) is 1.09. The fourth-order valence-corrected chi connectivity index (χ4v) is 3.57. The average Bonchev–Trinajstić information content (AvgIpc) is 3.25. The van der Waals surface area contributed by atoms with Crippen LogP contribution in [0.1, 0.15) is 28.5 Å². The van der Waals surface area contributed by atoms with Gasteiger partial charge in [0.1, 0.15) is 17.1 Å². The lowest BCUT2D eigenvalue weighted by Crippen LogP contribution is -2.30. The molecule has 0 unspecified atom stereocenters. The highest BCUT2D eigenvalue weighted by Gasteiger charge is 2.18. The Morgan fingerprint density at radius 2 is 1.70 bits per heavy atom. The summed E-state index contributed by atoms with van der Waals surface area (Å²) < 4.78 is 16.2. The SMILES string of the molecule is COC(=O)c1ccc(CN2CCCN(Cc3cc4ccccc4o3)CC2)o1. The summed E-state index contributed by atoms with van der Waals surface area (Å²) >= 11 is 0. The molecule has 1 aliphatic rings. The van der Waals surface area contributed by atoms with Crippen molar-refractivity contribution >= 4 is 16.9 Å². The smallest absolute Gasteiger partial charge is 0.373 e. The van der Waals surface area contributed by atoms with Crippen molar-refractivity contribution in [1.82, 2.24) is 9.80 Å². The van der Waals surface area contributed by atoms with Gasteiger partial charge in [0.25, 0.3) is 0 Å². The molecule has 27 heavy (non-hydrogen) atoms. The summed E-state index contributed by atoms with van der Waals surface area (Å²) in [5.41, 5.74) is 0.947. The van der Waals surface area contributed by atoms with Gasteiger partial charge >= 0.3 is 5.97 Å². The summed E-state index contributed by atoms with van der Waals surface area (Å²) in [7, 11) is 1.36. The highest BCUT2D eigenvalue weighted by atomic mass is 16.5. The van der Waals surface area contributed by atoms with Crippen LogP contribution in [0.3, 0.4) is 0 Å². The Kier molecular flexibility index (Phi) is 5.27. The first kappa shape index (κ1) is 17.8. The van der Waals surface area contributed by atoms with Crippen LogP contribution in [0.4, 0.5) is 0 Å². The van der Waals surface area contributed by atoms with Crippen molar-refractivity contribution in [3.63, 3.8) is 0 Å². The highest BCUT2D eigenvalue weighted by molar-refractivity contribution is 5.86. The summed E-state index contributed by atoms with van der Waals surface area (Å²) in [5.74, 6) is 1.63. The Balaban J connectivity index is 1.33. The van der Waals surface area contributed by atoms with Crippen LogP contribution >= 0.6 is 0 Å². The second-order valence-corrected chi connectivity index (χ2v) is 6.91. The van der Waals surface area contributed by atoms with E-state index in [9.17, 15) is 4.79 Å². The fraction of sp³-hybridized carbons (Fsp3) is 0.381. The van der Waals surface area contributed by atoms with E-state index in [2.05, 4.69) is 21.9 Å². The molecule has 0 radical (unpaired) electrons. The second-order valence-electron chi connectivity index (χ2n) is 6.91. The Labute approximate surface area is 158 Å². The molecular formula is C21H24N2O4. The molecule has 142 valence electrons. The number of nitrogens with zero attached hydrogens (tertiary/aromatic N) is 2. The van der Waals surface area contributed by atoms with E-state index in [-0.39, 0.29) is 5.76 Å². The number of methoxy groups -OCH3 is 1. The third-order valence-electron chi connectivity index (χ3n) is 4.96. The van der Waals surface area contributed by atoms with E-state index in [1.54, 1.807) is 6.07 Å². The second kappa shape index (κ2) is 7.98. The van der Waals surface area contributed by atoms with Crippen LogP contribution in [-0.2, 0) is 17.8 Å². The van der Waals surface area contributed by atoms with Crippen molar-refractivity contribution in [2.75, 3.05) is 33.3 Å². The van der Waals surface area contributed by atoms with E-state index < -0.39 is 5.97 Å². The van der Waals surface area contributed by atoms with E-state index in [0.29, 0.717) is 6.54 Å². The molecule has 3 aromatic rings. The summed E-state index contributed by atoms with van der Waals surface area (Å²) in [5, 5.41) is 1.16. The lowest BCUT2D eigenvalue weighted by atomic mass is 10.2. The van der Waals surface area contributed by atoms with E-state index in [1.165, 1.54) is 7.11 Å². The van der Waals surface area contributed by atoms with Crippen LogP contribution in [0, 0.1) is 0 Å². The molecule has 0 amide bonds. The third-order valence-corrected chi connectivity index (χ3v) is 4.96. The van der Waals surface area contributed by atoms with Gasteiger partial charge in [-0.15, -0.1) is 0 Å². The Morgan fingerprint density at radius 1 is 0.963 bits per heavy atom. The molecule has 0 atom stereocenters. The van der Waals surface area contributed by atoms with Crippen molar-refractivity contribution < 1.29 is 18.4 Å². The maximum Gasteiger partial charge on any atom is 0.373 e. The van der Waals surface area contributed by atoms with Gasteiger partial charge in [-0.05, 0) is 43.8 Å². The number of benzene rings is 1. The first-order valence-electron chi connectivity index (χ1n) is 9.30. The minimum atomic E-state index is -0.436. The zero-order valence-corrected chi connectivity index (χ0v) is 15.5. The van der Waals surface area contributed by atoms with Gasteiger partial charge in [-0.2, -0.15) is 0 Å². The van der Waals surface area contributed by atoms with Crippen molar-refractivity contribution in [1.29, 1.82) is 0 Å². The Bertz CT molecular complexity index is 881. The molecule has 1 aliphatic heterocycles. The zero-order chi connectivity index (χ0) is 18.6. The van der Waals surface area contributed by atoms with Crippen LogP contribution in [0.15, 0.2) is 51.3 Å². The van der Waals surface area contributed by atoms with Crippen LogP contribution in [0.2, 0.25) is 0 Å². The number of ether oxygens (including phenoxy) is 1. The number of hydrogen-bond donors (Lipinski definition) is 0. The van der Waals surface area contributed by atoms with E-state index in [1.807, 2.05) is 24.3 Å². The number of esters is 1. The molecule has 0 saturated carbocycles. The lowest BCUT2D eigenvalue weighted by Gasteiger charge is -2.20. The number of carbonyl (C=O) groups is 1. The molecule has 4 rings (SSSR count). The van der Waals surface area contributed by atoms with Gasteiger partial charge in [-0.3, -0.25) is 9.80 Å². The van der Waals surface area contributed by atoms with Crippen LogP contribution in [0.5, 0.6) is 0 Å². The van der Waals surface area contributed by atoms with E-state index in [0.717, 1.165) is 61.6 Å². The summed E-state index contributed by atoms with van der Waals surface area (Å²) in [6.45, 7) is 5.51. The standard InChI is InChI=1S/C21H24N2O4/c1-25-21(24)20-8-7-17(26-20)14-22-9-4-10-23(12-11-22)15-18-13-16-5-2-3-6-19(16)27-18/h2-3,5-8,13H,4,9-12,14-15H2,1H3. The van der Waals surface area contributed by atoms with Gasteiger partial charge < -0.3 is 13.6 Å². The van der Waals surface area contributed by atoms with Crippen molar-refractivity contribution in [3.8, 4) is 0 Å². The molecule has 1 saturated heterocycles. The molecule has 0 bridgehead atoms. The summed E-state index contributed by atoms with van der Waals surface area (Å²) in [4.78, 5) is 16.3. The monoisotopic (exact) mass is 368 g/mol. The minimum absolute atomic E-state index is 0.258. The molecular weight excluding hydrogens is 344 g/mol. The van der Waals surface area contributed by atoms with Gasteiger partial charge in [0, 0.05) is 18.5 Å². The van der Waals surface area contributed by atoms with Gasteiger partial charge in [-0.1, -0.05) is 18.2 Å². The van der Waals surface area contributed by atoms with Crippen molar-refractivity contribution in [2.24, 2.45) is 0 Å².